The zero-order valence-electron chi connectivity index (χ0n) is 14.8. The molecule has 0 aromatic heterocycles. The quantitative estimate of drug-likeness (QED) is 0.717. The van der Waals surface area contributed by atoms with Gasteiger partial charge in [0.1, 0.15) is 17.9 Å². The maximum absolute atomic E-state index is 14.1. The Kier molecular flexibility index (Phi) is 4.93. The Morgan fingerprint density at radius 1 is 1.15 bits per heavy atom. The molecule has 26 heavy (non-hydrogen) atoms. The van der Waals surface area contributed by atoms with Crippen LogP contribution in [0.15, 0.2) is 30.3 Å². The highest BCUT2D eigenvalue weighted by molar-refractivity contribution is 6.07. The topological polar surface area (TPSA) is 64.6 Å². The lowest BCUT2D eigenvalue weighted by atomic mass is 9.95. The first kappa shape index (κ1) is 18.3. The number of hydrogen-bond acceptors (Lipinski definition) is 4. The molecule has 5 nitrogen and oxygen atoms in total. The van der Waals surface area contributed by atoms with Crippen molar-refractivity contribution < 1.29 is 18.7 Å². The molecule has 0 radical (unpaired) electrons. The van der Waals surface area contributed by atoms with Gasteiger partial charge >= 0.3 is 0 Å². The molecule has 3 rings (SSSR count). The lowest BCUT2D eigenvalue weighted by Gasteiger charge is -2.23. The lowest BCUT2D eigenvalue weighted by Crippen LogP contribution is -2.37. The summed E-state index contributed by atoms with van der Waals surface area (Å²) in [5.41, 5.74) is 5.05. The molecule has 0 spiro atoms. The summed E-state index contributed by atoms with van der Waals surface area (Å²) in [6.45, 7) is 3.19. The van der Waals surface area contributed by atoms with Crippen molar-refractivity contribution in [1.29, 1.82) is 0 Å². The molecule has 2 aromatic carbocycles. The van der Waals surface area contributed by atoms with Gasteiger partial charge in [-0.1, -0.05) is 12.1 Å². The largest absolute Gasteiger partial charge is 0.379 e. The smallest absolute Gasteiger partial charge is 0.253 e. The number of nitrogens with one attached hydrogen (secondary N) is 2. The van der Waals surface area contributed by atoms with E-state index >= 15 is 0 Å². The summed E-state index contributed by atoms with van der Waals surface area (Å²) >= 11 is 0. The molecule has 1 amide bonds. The molecule has 2 aromatic rings. The molecule has 0 fully saturated rings. The highest BCUT2D eigenvalue weighted by atomic mass is 19.1. The third-order valence-electron chi connectivity index (χ3n) is 4.81. The number of amides is 1. The van der Waals surface area contributed by atoms with Crippen LogP contribution in [0.4, 0.5) is 20.2 Å². The fraction of sp³-hybridized carbons (Fsp3) is 0.316. The first-order valence-electron chi connectivity index (χ1n) is 8.35. The molecule has 0 aliphatic carbocycles. The van der Waals surface area contributed by atoms with Gasteiger partial charge in [-0.15, -0.1) is 0 Å². The number of aliphatic hydroxyl groups excluding tert-OH is 1. The predicted octanol–water partition coefficient (Wildman–Crippen LogP) is 2.97. The Bertz CT molecular complexity index is 857. The van der Waals surface area contributed by atoms with Crippen LogP contribution in [-0.2, 0) is 4.79 Å². The fourth-order valence-electron chi connectivity index (χ4n) is 3.20. The maximum Gasteiger partial charge on any atom is 0.253 e. The zero-order valence-corrected chi connectivity index (χ0v) is 14.8. The Morgan fingerprint density at radius 3 is 2.54 bits per heavy atom. The number of halogens is 2. The summed E-state index contributed by atoms with van der Waals surface area (Å²) in [5.74, 6) is -1.80. The normalized spacial score (nSPS) is 17.4. The zero-order chi connectivity index (χ0) is 19.0. The number of hydrogen-bond donors (Lipinski definition) is 3. The maximum atomic E-state index is 14.1. The Labute approximate surface area is 150 Å². The number of nitrogens with zero attached hydrogens (tertiary/aromatic N) is 1. The van der Waals surface area contributed by atoms with Crippen molar-refractivity contribution >= 4 is 17.3 Å². The molecule has 1 heterocycles. The standard InChI is InChI=1S/C19H21F2N3O2/c1-10-14(20)5-4-6-16(10)23-24-18-11(2)15(21)8-7-12(18)13(19(24)26)9-17(25)22-3/h4-8,13,17,22-23,25H,9H2,1-3H3. The van der Waals surface area contributed by atoms with Crippen LogP contribution in [0.1, 0.15) is 29.0 Å². The number of benzene rings is 2. The molecule has 2 atom stereocenters. The average molecular weight is 361 g/mol. The molecule has 2 unspecified atom stereocenters. The minimum atomic E-state index is -0.877. The SMILES string of the molecule is CNC(O)CC1C(=O)N(Nc2cccc(F)c2C)c2c1ccc(F)c2C. The summed E-state index contributed by atoms with van der Waals surface area (Å²) in [7, 11) is 1.59. The van der Waals surface area contributed by atoms with E-state index in [0.717, 1.165) is 0 Å². The Balaban J connectivity index is 2.05. The summed E-state index contributed by atoms with van der Waals surface area (Å²) in [6.07, 6.45) is -0.730. The van der Waals surface area contributed by atoms with Crippen LogP contribution < -0.4 is 15.8 Å². The van der Waals surface area contributed by atoms with Crippen molar-refractivity contribution in [2.45, 2.75) is 32.4 Å². The lowest BCUT2D eigenvalue weighted by molar-refractivity contribution is -0.119. The van der Waals surface area contributed by atoms with Crippen molar-refractivity contribution in [3.05, 3.63) is 58.7 Å². The van der Waals surface area contributed by atoms with Crippen molar-refractivity contribution in [2.24, 2.45) is 0 Å². The minimum absolute atomic E-state index is 0.147. The number of rotatable bonds is 5. The number of hydrazine groups is 1. The molecule has 3 N–H and O–H groups in total. The number of fused-ring (bicyclic) bond motifs is 1. The minimum Gasteiger partial charge on any atom is -0.379 e. The van der Waals surface area contributed by atoms with Crippen molar-refractivity contribution in [1.82, 2.24) is 5.32 Å². The van der Waals surface area contributed by atoms with Crippen LogP contribution in [-0.4, -0.2) is 24.3 Å². The number of carbonyl (C=O) groups excluding carboxylic acids is 1. The number of carbonyl (C=O) groups is 1. The second-order valence-corrected chi connectivity index (χ2v) is 6.40. The van der Waals surface area contributed by atoms with Gasteiger partial charge in [-0.2, -0.15) is 0 Å². The number of aliphatic hydroxyl groups is 1. The van der Waals surface area contributed by atoms with Crippen LogP contribution in [0.25, 0.3) is 0 Å². The third-order valence-corrected chi connectivity index (χ3v) is 4.81. The van der Waals surface area contributed by atoms with Gasteiger partial charge in [0, 0.05) is 17.5 Å². The highest BCUT2D eigenvalue weighted by Gasteiger charge is 2.40. The van der Waals surface area contributed by atoms with Crippen LogP contribution in [0.5, 0.6) is 0 Å². The molecule has 1 aliphatic rings. The Hall–Kier alpha value is -2.51. The van der Waals surface area contributed by atoms with E-state index in [9.17, 15) is 18.7 Å². The molecule has 7 heteroatoms. The van der Waals surface area contributed by atoms with Gasteiger partial charge in [0.25, 0.3) is 5.91 Å². The number of anilines is 2. The molecule has 0 saturated carbocycles. The summed E-state index contributed by atoms with van der Waals surface area (Å²) in [5, 5.41) is 13.9. The molecule has 138 valence electrons. The monoisotopic (exact) mass is 361 g/mol. The van der Waals surface area contributed by atoms with Crippen molar-refractivity contribution in [3.8, 4) is 0 Å². The third kappa shape index (κ3) is 3.04. The van der Waals surface area contributed by atoms with Gasteiger partial charge in [-0.05, 0) is 44.7 Å². The van der Waals surface area contributed by atoms with E-state index in [-0.39, 0.29) is 12.3 Å². The predicted molar refractivity (Wildman–Crippen MR) is 95.8 cm³/mol. The fourth-order valence-corrected chi connectivity index (χ4v) is 3.20. The second-order valence-electron chi connectivity index (χ2n) is 6.40. The van der Waals surface area contributed by atoms with Gasteiger partial charge in [-0.3, -0.25) is 15.5 Å². The van der Waals surface area contributed by atoms with Crippen LogP contribution in [0, 0.1) is 25.5 Å². The van der Waals surface area contributed by atoms with Crippen LogP contribution in [0.2, 0.25) is 0 Å². The van der Waals surface area contributed by atoms with E-state index in [4.69, 9.17) is 0 Å². The van der Waals surface area contributed by atoms with Crippen LogP contribution in [0.3, 0.4) is 0 Å². The first-order valence-corrected chi connectivity index (χ1v) is 8.35. The van der Waals surface area contributed by atoms with E-state index in [1.807, 2.05) is 0 Å². The molecular formula is C19H21F2N3O2. The molecular weight excluding hydrogens is 340 g/mol. The van der Waals surface area contributed by atoms with Crippen molar-refractivity contribution in [3.63, 3.8) is 0 Å². The summed E-state index contributed by atoms with van der Waals surface area (Å²) in [6, 6.07) is 7.39. The van der Waals surface area contributed by atoms with Gasteiger partial charge in [0.15, 0.2) is 0 Å². The molecule has 0 saturated heterocycles. The van der Waals surface area contributed by atoms with E-state index in [1.165, 1.54) is 23.2 Å². The van der Waals surface area contributed by atoms with E-state index < -0.39 is 23.8 Å². The van der Waals surface area contributed by atoms with Crippen LogP contribution >= 0.6 is 0 Å². The van der Waals surface area contributed by atoms with E-state index in [1.54, 1.807) is 33.0 Å². The summed E-state index contributed by atoms with van der Waals surface area (Å²) < 4.78 is 28.0. The molecule has 0 bridgehead atoms. The average Bonchev–Trinajstić information content (AvgIpc) is 2.88. The first-order chi connectivity index (χ1) is 12.3. The van der Waals surface area contributed by atoms with Gasteiger partial charge < -0.3 is 5.11 Å². The van der Waals surface area contributed by atoms with E-state index in [0.29, 0.717) is 28.1 Å². The summed E-state index contributed by atoms with van der Waals surface area (Å²) in [4.78, 5) is 13.0. The van der Waals surface area contributed by atoms with E-state index in [2.05, 4.69) is 10.7 Å². The van der Waals surface area contributed by atoms with Gasteiger partial charge in [0.05, 0.1) is 17.3 Å². The van der Waals surface area contributed by atoms with Crippen molar-refractivity contribution in [2.75, 3.05) is 17.5 Å². The van der Waals surface area contributed by atoms with Gasteiger partial charge in [0.2, 0.25) is 0 Å². The Morgan fingerprint density at radius 2 is 1.85 bits per heavy atom. The molecule has 1 aliphatic heterocycles. The van der Waals surface area contributed by atoms with Gasteiger partial charge in [-0.25, -0.2) is 13.8 Å². The second kappa shape index (κ2) is 7.01. The highest BCUT2D eigenvalue weighted by Crippen LogP contribution is 2.42.